The summed E-state index contributed by atoms with van der Waals surface area (Å²) < 4.78 is 0. The number of nitrogens with zero attached hydrogens (tertiary/aromatic N) is 2. The van der Waals surface area contributed by atoms with E-state index in [-0.39, 0.29) is 5.91 Å². The van der Waals surface area contributed by atoms with Gasteiger partial charge in [0, 0.05) is 18.3 Å². The van der Waals surface area contributed by atoms with Crippen molar-refractivity contribution in [2.24, 2.45) is 5.73 Å². The van der Waals surface area contributed by atoms with Crippen molar-refractivity contribution in [1.82, 2.24) is 15.3 Å². The van der Waals surface area contributed by atoms with E-state index < -0.39 is 0 Å². The first-order chi connectivity index (χ1) is 10.2. The molecule has 0 bridgehead atoms. The number of rotatable bonds is 3. The third-order valence-electron chi connectivity index (χ3n) is 2.73. The smallest absolute Gasteiger partial charge is 0.271 e. The fourth-order valence-electron chi connectivity index (χ4n) is 1.69. The summed E-state index contributed by atoms with van der Waals surface area (Å²) in [6.45, 7) is 2.56. The van der Waals surface area contributed by atoms with E-state index in [4.69, 9.17) is 5.73 Å². The highest BCUT2D eigenvalue weighted by Crippen LogP contribution is 2.04. The molecule has 1 heterocycles. The molecule has 0 aliphatic carbocycles. The monoisotopic (exact) mass is 280 g/mol. The van der Waals surface area contributed by atoms with Crippen LogP contribution in [0.1, 0.15) is 27.3 Å². The Kier molecular flexibility index (Phi) is 5.02. The first kappa shape index (κ1) is 14.7. The largest absolute Gasteiger partial charge is 0.347 e. The van der Waals surface area contributed by atoms with Gasteiger partial charge in [-0.2, -0.15) is 0 Å². The number of hydrogen-bond acceptors (Lipinski definition) is 4. The zero-order valence-corrected chi connectivity index (χ0v) is 11.8. The average molecular weight is 280 g/mol. The predicted octanol–water partition coefficient (Wildman–Crippen LogP) is 1.03. The Bertz CT molecular complexity index is 683. The zero-order chi connectivity index (χ0) is 15.1. The molecule has 0 saturated carbocycles. The molecule has 0 spiro atoms. The highest BCUT2D eigenvalue weighted by molar-refractivity contribution is 5.91. The second-order valence-electron chi connectivity index (χ2n) is 4.43. The van der Waals surface area contributed by atoms with Crippen molar-refractivity contribution in [2.45, 2.75) is 13.5 Å². The van der Waals surface area contributed by atoms with Crippen LogP contribution in [0, 0.1) is 18.8 Å². The van der Waals surface area contributed by atoms with Crippen LogP contribution in [0.2, 0.25) is 0 Å². The van der Waals surface area contributed by atoms with Gasteiger partial charge in [-0.15, -0.1) is 0 Å². The molecule has 0 fully saturated rings. The van der Waals surface area contributed by atoms with Crippen LogP contribution < -0.4 is 11.1 Å². The lowest BCUT2D eigenvalue weighted by Crippen LogP contribution is -2.24. The Morgan fingerprint density at radius 2 is 2.19 bits per heavy atom. The molecule has 0 radical (unpaired) electrons. The molecule has 2 aromatic rings. The number of nitrogens with one attached hydrogen (secondary N) is 1. The second kappa shape index (κ2) is 7.17. The molecule has 21 heavy (non-hydrogen) atoms. The van der Waals surface area contributed by atoms with Crippen molar-refractivity contribution in [3.63, 3.8) is 0 Å². The second-order valence-corrected chi connectivity index (χ2v) is 4.43. The van der Waals surface area contributed by atoms with Gasteiger partial charge in [-0.1, -0.05) is 24.0 Å². The Morgan fingerprint density at radius 1 is 1.33 bits per heavy atom. The van der Waals surface area contributed by atoms with Crippen molar-refractivity contribution >= 4 is 5.91 Å². The summed E-state index contributed by atoms with van der Waals surface area (Å²) in [5, 5.41) is 2.80. The predicted molar refractivity (Wildman–Crippen MR) is 80.3 cm³/mol. The number of amides is 1. The lowest BCUT2D eigenvalue weighted by Gasteiger charge is -2.05. The molecule has 3 N–H and O–H groups in total. The van der Waals surface area contributed by atoms with E-state index in [2.05, 4.69) is 27.1 Å². The minimum absolute atomic E-state index is 0.249. The summed E-state index contributed by atoms with van der Waals surface area (Å²) in [5.74, 6) is 5.51. The van der Waals surface area contributed by atoms with Crippen LogP contribution in [0.25, 0.3) is 0 Å². The molecular weight excluding hydrogens is 264 g/mol. The summed E-state index contributed by atoms with van der Waals surface area (Å²) in [5.41, 5.74) is 8.27. The zero-order valence-electron chi connectivity index (χ0n) is 11.8. The number of aromatic nitrogens is 2. The first-order valence-corrected chi connectivity index (χ1v) is 6.54. The quantitative estimate of drug-likeness (QED) is 0.823. The molecule has 1 amide bonds. The normalized spacial score (nSPS) is 9.62. The third-order valence-corrected chi connectivity index (χ3v) is 2.73. The maximum Gasteiger partial charge on any atom is 0.271 e. The minimum atomic E-state index is -0.249. The number of carbonyl (C=O) groups is 1. The lowest BCUT2D eigenvalue weighted by molar-refractivity contribution is 0.0945. The Balaban J connectivity index is 1.99. The van der Waals surface area contributed by atoms with Gasteiger partial charge in [0.05, 0.1) is 18.4 Å². The molecule has 0 atom stereocenters. The summed E-state index contributed by atoms with van der Waals surface area (Å²) in [6.07, 6.45) is 3.03. The minimum Gasteiger partial charge on any atom is -0.347 e. The van der Waals surface area contributed by atoms with Gasteiger partial charge in [0.2, 0.25) is 0 Å². The molecule has 5 heteroatoms. The van der Waals surface area contributed by atoms with E-state index in [0.29, 0.717) is 18.8 Å². The first-order valence-electron chi connectivity index (χ1n) is 6.54. The van der Waals surface area contributed by atoms with Gasteiger partial charge in [0.15, 0.2) is 0 Å². The van der Waals surface area contributed by atoms with Crippen LogP contribution >= 0.6 is 0 Å². The SMILES string of the molecule is Cc1cnc(C(=O)NCc2cccc(C#CCN)c2)cn1. The molecular formula is C16H16N4O. The fourth-order valence-corrected chi connectivity index (χ4v) is 1.69. The molecule has 5 nitrogen and oxygen atoms in total. The molecule has 0 saturated heterocycles. The van der Waals surface area contributed by atoms with Crippen molar-refractivity contribution in [3.8, 4) is 11.8 Å². The van der Waals surface area contributed by atoms with Crippen molar-refractivity contribution in [3.05, 3.63) is 59.2 Å². The standard InChI is InChI=1S/C16H16N4O/c1-12-9-19-15(11-18-12)16(21)20-10-14-5-2-4-13(8-14)6-3-7-17/h2,4-5,8-9,11H,7,10,17H2,1H3,(H,20,21). The maximum atomic E-state index is 11.9. The van der Waals surface area contributed by atoms with E-state index in [9.17, 15) is 4.79 Å². The fraction of sp³-hybridized carbons (Fsp3) is 0.188. The summed E-state index contributed by atoms with van der Waals surface area (Å²) in [6, 6.07) is 7.64. The molecule has 0 aliphatic rings. The van der Waals surface area contributed by atoms with Gasteiger partial charge in [0.25, 0.3) is 5.91 Å². The number of hydrogen-bond donors (Lipinski definition) is 2. The van der Waals surface area contributed by atoms with Gasteiger partial charge in [0.1, 0.15) is 5.69 Å². The van der Waals surface area contributed by atoms with E-state index in [1.54, 1.807) is 6.20 Å². The van der Waals surface area contributed by atoms with E-state index in [1.165, 1.54) is 6.20 Å². The van der Waals surface area contributed by atoms with Crippen LogP contribution in [-0.2, 0) is 6.54 Å². The number of carbonyl (C=O) groups excluding carboxylic acids is 1. The lowest BCUT2D eigenvalue weighted by atomic mass is 10.1. The Labute approximate surface area is 123 Å². The van der Waals surface area contributed by atoms with Crippen molar-refractivity contribution in [1.29, 1.82) is 0 Å². The van der Waals surface area contributed by atoms with Gasteiger partial charge in [-0.05, 0) is 24.6 Å². The van der Waals surface area contributed by atoms with Crippen LogP contribution in [0.3, 0.4) is 0 Å². The molecule has 106 valence electrons. The summed E-state index contributed by atoms with van der Waals surface area (Å²) >= 11 is 0. The molecule has 2 rings (SSSR count). The van der Waals surface area contributed by atoms with Crippen LogP contribution in [-0.4, -0.2) is 22.4 Å². The van der Waals surface area contributed by atoms with Crippen LogP contribution in [0.15, 0.2) is 36.7 Å². The highest BCUT2D eigenvalue weighted by Gasteiger charge is 2.06. The molecule has 0 aliphatic heterocycles. The maximum absolute atomic E-state index is 11.9. The molecule has 1 aromatic heterocycles. The van der Waals surface area contributed by atoms with Crippen LogP contribution in [0.5, 0.6) is 0 Å². The molecule has 1 aromatic carbocycles. The highest BCUT2D eigenvalue weighted by atomic mass is 16.1. The van der Waals surface area contributed by atoms with Gasteiger partial charge >= 0.3 is 0 Å². The Morgan fingerprint density at radius 3 is 2.90 bits per heavy atom. The summed E-state index contributed by atoms with van der Waals surface area (Å²) in [7, 11) is 0. The van der Waals surface area contributed by atoms with Crippen molar-refractivity contribution < 1.29 is 4.79 Å². The molecule has 0 unspecified atom stereocenters. The topological polar surface area (TPSA) is 80.9 Å². The Hall–Kier alpha value is -2.71. The number of benzene rings is 1. The number of aryl methyl sites for hydroxylation is 1. The van der Waals surface area contributed by atoms with E-state index >= 15 is 0 Å². The van der Waals surface area contributed by atoms with Gasteiger partial charge in [-0.3, -0.25) is 9.78 Å². The summed E-state index contributed by atoms with van der Waals surface area (Å²) in [4.78, 5) is 20.0. The van der Waals surface area contributed by atoms with Crippen LogP contribution in [0.4, 0.5) is 0 Å². The third kappa shape index (κ3) is 4.41. The van der Waals surface area contributed by atoms with Gasteiger partial charge < -0.3 is 11.1 Å². The average Bonchev–Trinajstić information content (AvgIpc) is 2.52. The number of nitrogens with two attached hydrogens (primary N) is 1. The van der Waals surface area contributed by atoms with Gasteiger partial charge in [-0.25, -0.2) is 4.98 Å². The van der Waals surface area contributed by atoms with Crippen molar-refractivity contribution in [2.75, 3.05) is 6.54 Å². The van der Waals surface area contributed by atoms with E-state index in [1.807, 2.05) is 31.2 Å². The van der Waals surface area contributed by atoms with E-state index in [0.717, 1.165) is 16.8 Å².